The number of pyridine rings is 1. The number of hydrogen-bond acceptors (Lipinski definition) is 3. The third-order valence-electron chi connectivity index (χ3n) is 2.08. The molecule has 1 N–H and O–H groups in total. The summed E-state index contributed by atoms with van der Waals surface area (Å²) in [7, 11) is 0. The smallest absolute Gasteiger partial charge is 0.249 e. The molecule has 4 heteroatoms. The Bertz CT molecular complexity index is 530. The van der Waals surface area contributed by atoms with Crippen LogP contribution in [0.3, 0.4) is 0 Å². The van der Waals surface area contributed by atoms with E-state index in [1.807, 2.05) is 19.1 Å². The Morgan fingerprint density at radius 3 is 2.94 bits per heavy atom. The van der Waals surface area contributed by atoms with Gasteiger partial charge in [-0.05, 0) is 37.3 Å². The zero-order valence-corrected chi connectivity index (χ0v) is 9.38. The monoisotopic (exact) mass is 228 g/mol. The molecule has 2 aromatic rings. The summed E-state index contributed by atoms with van der Waals surface area (Å²) in [5.41, 5.74) is 0.859. The summed E-state index contributed by atoms with van der Waals surface area (Å²) in [5.74, 6) is 0.941. The average molecular weight is 228 g/mol. The van der Waals surface area contributed by atoms with Crippen molar-refractivity contribution in [1.82, 2.24) is 4.98 Å². The van der Waals surface area contributed by atoms with Crippen LogP contribution in [0.4, 0.5) is 5.82 Å². The van der Waals surface area contributed by atoms with Crippen LogP contribution in [0.15, 0.2) is 47.1 Å². The maximum Gasteiger partial charge on any atom is 0.249 e. The Hall–Kier alpha value is -2.36. The van der Waals surface area contributed by atoms with Crippen LogP contribution in [-0.2, 0) is 4.79 Å². The summed E-state index contributed by atoms with van der Waals surface area (Å²) in [6.45, 7) is 1.87. The number of aryl methyl sites for hydroxylation is 1. The number of nitrogens with zero attached hydrogens (tertiary/aromatic N) is 1. The Morgan fingerprint density at radius 1 is 1.35 bits per heavy atom. The fraction of sp³-hybridized carbons (Fsp3) is 0.0769. The molecular formula is C13H12N2O2. The van der Waals surface area contributed by atoms with Crippen LogP contribution < -0.4 is 5.32 Å². The van der Waals surface area contributed by atoms with E-state index < -0.39 is 0 Å². The Labute approximate surface area is 99.0 Å². The maximum atomic E-state index is 11.5. The van der Waals surface area contributed by atoms with E-state index in [9.17, 15) is 4.79 Å². The highest BCUT2D eigenvalue weighted by molar-refractivity contribution is 6.01. The lowest BCUT2D eigenvalue weighted by molar-refractivity contribution is -0.111. The first kappa shape index (κ1) is 11.1. The largest absolute Gasteiger partial charge is 0.465 e. The lowest BCUT2D eigenvalue weighted by atomic mass is 10.3. The highest BCUT2D eigenvalue weighted by Crippen LogP contribution is 2.05. The number of furan rings is 1. The van der Waals surface area contributed by atoms with Crippen LogP contribution in [-0.4, -0.2) is 10.9 Å². The number of nitrogens with one attached hydrogen (secondary N) is 1. The van der Waals surface area contributed by atoms with Gasteiger partial charge in [0.05, 0.1) is 6.26 Å². The van der Waals surface area contributed by atoms with Crippen molar-refractivity contribution in [2.75, 3.05) is 5.32 Å². The summed E-state index contributed by atoms with van der Waals surface area (Å²) in [6, 6.07) is 8.99. The molecule has 0 radical (unpaired) electrons. The van der Waals surface area contributed by atoms with Gasteiger partial charge in [-0.25, -0.2) is 4.98 Å². The van der Waals surface area contributed by atoms with E-state index in [0.717, 1.165) is 5.69 Å². The lowest BCUT2D eigenvalue weighted by Crippen LogP contribution is -2.09. The van der Waals surface area contributed by atoms with Crippen LogP contribution in [0.5, 0.6) is 0 Å². The quantitative estimate of drug-likeness (QED) is 0.821. The minimum Gasteiger partial charge on any atom is -0.465 e. The first-order chi connectivity index (χ1) is 8.24. The summed E-state index contributed by atoms with van der Waals surface area (Å²) in [4.78, 5) is 15.7. The Kier molecular flexibility index (Phi) is 3.35. The van der Waals surface area contributed by atoms with Gasteiger partial charge in [0.15, 0.2) is 0 Å². The molecule has 0 bridgehead atoms. The highest BCUT2D eigenvalue weighted by Gasteiger charge is 1.99. The van der Waals surface area contributed by atoms with E-state index in [1.54, 1.807) is 30.5 Å². The van der Waals surface area contributed by atoms with Crippen molar-refractivity contribution in [3.05, 3.63) is 54.1 Å². The van der Waals surface area contributed by atoms with E-state index in [0.29, 0.717) is 11.6 Å². The van der Waals surface area contributed by atoms with Gasteiger partial charge in [-0.15, -0.1) is 0 Å². The van der Waals surface area contributed by atoms with Gasteiger partial charge < -0.3 is 9.73 Å². The molecule has 86 valence electrons. The molecule has 0 spiro atoms. The number of rotatable bonds is 3. The molecular weight excluding hydrogens is 216 g/mol. The van der Waals surface area contributed by atoms with Crippen molar-refractivity contribution < 1.29 is 9.21 Å². The van der Waals surface area contributed by atoms with Crippen LogP contribution in [0, 0.1) is 6.92 Å². The van der Waals surface area contributed by atoms with Crippen LogP contribution in [0.2, 0.25) is 0 Å². The number of anilines is 1. The molecule has 0 aliphatic heterocycles. The molecule has 2 rings (SSSR count). The van der Waals surface area contributed by atoms with Crippen molar-refractivity contribution in [2.45, 2.75) is 6.92 Å². The van der Waals surface area contributed by atoms with Crippen LogP contribution >= 0.6 is 0 Å². The summed E-state index contributed by atoms with van der Waals surface area (Å²) >= 11 is 0. The molecule has 0 aliphatic carbocycles. The SMILES string of the molecule is Cc1cccc(NC(=O)/C=C/c2ccco2)n1. The van der Waals surface area contributed by atoms with E-state index in [4.69, 9.17) is 4.42 Å². The molecule has 0 unspecified atom stereocenters. The number of carbonyl (C=O) groups excluding carboxylic acids is 1. The second-order valence-electron chi connectivity index (χ2n) is 3.50. The van der Waals surface area contributed by atoms with Crippen LogP contribution in [0.1, 0.15) is 11.5 Å². The number of hydrogen-bond donors (Lipinski definition) is 1. The highest BCUT2D eigenvalue weighted by atomic mass is 16.3. The fourth-order valence-electron chi connectivity index (χ4n) is 1.32. The van der Waals surface area contributed by atoms with Crippen molar-refractivity contribution >= 4 is 17.8 Å². The number of amides is 1. The Balaban J connectivity index is 1.98. The van der Waals surface area contributed by atoms with Gasteiger partial charge in [0.1, 0.15) is 11.6 Å². The predicted octanol–water partition coefficient (Wildman–Crippen LogP) is 2.63. The molecule has 0 fully saturated rings. The van der Waals surface area contributed by atoms with Gasteiger partial charge >= 0.3 is 0 Å². The fourth-order valence-corrected chi connectivity index (χ4v) is 1.32. The third kappa shape index (κ3) is 3.31. The van der Waals surface area contributed by atoms with Gasteiger partial charge in [-0.1, -0.05) is 6.07 Å². The van der Waals surface area contributed by atoms with E-state index in [2.05, 4.69) is 10.3 Å². The summed E-state index contributed by atoms with van der Waals surface area (Å²) in [5, 5.41) is 2.67. The molecule has 0 aromatic carbocycles. The van der Waals surface area contributed by atoms with E-state index in [1.165, 1.54) is 6.08 Å². The molecule has 0 saturated heterocycles. The lowest BCUT2D eigenvalue weighted by Gasteiger charge is -2.01. The first-order valence-electron chi connectivity index (χ1n) is 5.20. The van der Waals surface area contributed by atoms with Crippen molar-refractivity contribution in [3.8, 4) is 0 Å². The van der Waals surface area contributed by atoms with E-state index >= 15 is 0 Å². The second kappa shape index (κ2) is 5.12. The first-order valence-corrected chi connectivity index (χ1v) is 5.20. The molecule has 1 amide bonds. The topological polar surface area (TPSA) is 55.1 Å². The standard InChI is InChI=1S/C13H12N2O2/c1-10-4-2-6-12(14-10)15-13(16)8-7-11-5-3-9-17-11/h2-9H,1H3,(H,14,15,16)/b8-7+. The Morgan fingerprint density at radius 2 is 2.24 bits per heavy atom. The molecule has 0 saturated carbocycles. The predicted molar refractivity (Wildman–Crippen MR) is 65.3 cm³/mol. The molecule has 4 nitrogen and oxygen atoms in total. The van der Waals surface area contributed by atoms with Gasteiger partial charge in [-0.2, -0.15) is 0 Å². The molecule has 0 atom stereocenters. The zero-order chi connectivity index (χ0) is 12.1. The molecule has 0 aliphatic rings. The van der Waals surface area contributed by atoms with Crippen molar-refractivity contribution in [2.24, 2.45) is 0 Å². The third-order valence-corrected chi connectivity index (χ3v) is 2.08. The molecule has 17 heavy (non-hydrogen) atoms. The molecule has 2 heterocycles. The normalized spacial score (nSPS) is 10.6. The number of carbonyl (C=O) groups is 1. The average Bonchev–Trinajstić information content (AvgIpc) is 2.79. The van der Waals surface area contributed by atoms with Gasteiger partial charge in [0.2, 0.25) is 5.91 Å². The summed E-state index contributed by atoms with van der Waals surface area (Å²) in [6.07, 6.45) is 4.56. The zero-order valence-electron chi connectivity index (χ0n) is 9.38. The molecule has 2 aromatic heterocycles. The summed E-state index contributed by atoms with van der Waals surface area (Å²) < 4.78 is 5.07. The second-order valence-corrected chi connectivity index (χ2v) is 3.50. The van der Waals surface area contributed by atoms with E-state index in [-0.39, 0.29) is 5.91 Å². The van der Waals surface area contributed by atoms with Crippen molar-refractivity contribution in [1.29, 1.82) is 0 Å². The van der Waals surface area contributed by atoms with Crippen molar-refractivity contribution in [3.63, 3.8) is 0 Å². The number of aromatic nitrogens is 1. The van der Waals surface area contributed by atoms with Crippen LogP contribution in [0.25, 0.3) is 6.08 Å². The minimum atomic E-state index is -0.237. The maximum absolute atomic E-state index is 11.5. The minimum absolute atomic E-state index is 0.237. The van der Waals surface area contributed by atoms with Gasteiger partial charge in [0, 0.05) is 11.8 Å². The van der Waals surface area contributed by atoms with Gasteiger partial charge in [-0.3, -0.25) is 4.79 Å². The van der Waals surface area contributed by atoms with Gasteiger partial charge in [0.25, 0.3) is 0 Å².